The maximum absolute atomic E-state index is 11.9. The van der Waals surface area contributed by atoms with E-state index in [1.807, 2.05) is 0 Å². The first-order chi connectivity index (χ1) is 5.96. The van der Waals surface area contributed by atoms with Gasteiger partial charge in [-0.3, -0.25) is 0 Å². The van der Waals surface area contributed by atoms with Gasteiger partial charge in [0.1, 0.15) is 12.1 Å². The van der Waals surface area contributed by atoms with E-state index in [0.717, 1.165) is 0 Å². The summed E-state index contributed by atoms with van der Waals surface area (Å²) in [5.41, 5.74) is 0. The molecule has 0 aliphatic carbocycles. The standard InChI is InChI=1S/C8H10N2OS2/c1-5-7-8(6-2)10(4)13(11,12)9(7)3/h1-2,7-8H,3-4H3. The summed E-state index contributed by atoms with van der Waals surface area (Å²) in [7, 11) is 0.654. The molecule has 0 aromatic carbocycles. The minimum atomic E-state index is -2.61. The van der Waals surface area contributed by atoms with Crippen LogP contribution in [0.5, 0.6) is 0 Å². The van der Waals surface area contributed by atoms with Crippen molar-refractivity contribution in [2.45, 2.75) is 12.1 Å². The lowest BCUT2D eigenvalue weighted by molar-refractivity contribution is 0.423. The highest BCUT2D eigenvalue weighted by atomic mass is 32.8. The van der Waals surface area contributed by atoms with E-state index in [1.54, 1.807) is 14.1 Å². The fraction of sp³-hybridized carbons (Fsp3) is 0.500. The maximum atomic E-state index is 11.9. The molecule has 2 atom stereocenters. The van der Waals surface area contributed by atoms with Gasteiger partial charge in [0.2, 0.25) is 0 Å². The van der Waals surface area contributed by atoms with E-state index < -0.39 is 8.86 Å². The van der Waals surface area contributed by atoms with Gasteiger partial charge in [0.25, 0.3) is 0 Å². The molecule has 3 nitrogen and oxygen atoms in total. The third-order valence-corrected chi connectivity index (χ3v) is 5.47. The van der Waals surface area contributed by atoms with Crippen molar-refractivity contribution < 1.29 is 4.21 Å². The van der Waals surface area contributed by atoms with E-state index in [-0.39, 0.29) is 12.1 Å². The van der Waals surface area contributed by atoms with E-state index in [2.05, 4.69) is 11.8 Å². The van der Waals surface area contributed by atoms with Crippen molar-refractivity contribution in [3.8, 4) is 24.7 Å². The van der Waals surface area contributed by atoms with Crippen LogP contribution in [0.2, 0.25) is 0 Å². The van der Waals surface area contributed by atoms with E-state index in [0.29, 0.717) is 0 Å². The summed E-state index contributed by atoms with van der Waals surface area (Å²) >= 11 is 4.93. The lowest BCUT2D eigenvalue weighted by Crippen LogP contribution is -2.32. The minimum absolute atomic E-state index is 0.361. The molecule has 0 saturated carbocycles. The van der Waals surface area contributed by atoms with Crippen LogP contribution in [0, 0.1) is 24.7 Å². The van der Waals surface area contributed by atoms with Gasteiger partial charge in [0.05, 0.1) is 0 Å². The largest absolute Gasteiger partial charge is 0.224 e. The van der Waals surface area contributed by atoms with Gasteiger partial charge in [0, 0.05) is 25.3 Å². The predicted octanol–water partition coefficient (Wildman–Crippen LogP) is -0.556. The van der Waals surface area contributed by atoms with Gasteiger partial charge in [-0.2, -0.15) is 8.61 Å². The molecule has 0 N–H and O–H groups in total. The Hall–Kier alpha value is -0.590. The van der Waals surface area contributed by atoms with Gasteiger partial charge in [0.15, 0.2) is 8.86 Å². The summed E-state index contributed by atoms with van der Waals surface area (Å²) in [5.74, 6) is 4.99. The molecule has 1 heterocycles. The zero-order chi connectivity index (χ0) is 10.2. The number of terminal acetylenes is 2. The zero-order valence-corrected chi connectivity index (χ0v) is 9.06. The van der Waals surface area contributed by atoms with Crippen molar-refractivity contribution in [3.05, 3.63) is 0 Å². The highest BCUT2D eigenvalue weighted by Gasteiger charge is 2.43. The molecule has 0 bridgehead atoms. The second-order valence-corrected chi connectivity index (χ2v) is 6.11. The Morgan fingerprint density at radius 2 is 1.54 bits per heavy atom. The quantitative estimate of drug-likeness (QED) is 0.505. The molecule has 1 rings (SSSR count). The second kappa shape index (κ2) is 3.28. The van der Waals surface area contributed by atoms with E-state index in [4.69, 9.17) is 24.0 Å². The van der Waals surface area contributed by atoms with Crippen molar-refractivity contribution >= 4 is 20.1 Å². The van der Waals surface area contributed by atoms with Gasteiger partial charge in [-0.05, 0) is 0 Å². The van der Waals surface area contributed by atoms with Crippen LogP contribution >= 0.6 is 0 Å². The molecule has 1 aliphatic heterocycles. The van der Waals surface area contributed by atoms with Gasteiger partial charge < -0.3 is 0 Å². The Bertz CT molecular complexity index is 355. The molecule has 1 saturated heterocycles. The molecule has 1 fully saturated rings. The van der Waals surface area contributed by atoms with Crippen LogP contribution in [-0.4, -0.2) is 39.0 Å². The van der Waals surface area contributed by atoms with Crippen LogP contribution in [0.15, 0.2) is 0 Å². The van der Waals surface area contributed by atoms with Crippen molar-refractivity contribution in [2.24, 2.45) is 0 Å². The van der Waals surface area contributed by atoms with Crippen molar-refractivity contribution in [1.82, 2.24) is 8.61 Å². The fourth-order valence-corrected chi connectivity index (χ4v) is 3.17. The SMILES string of the molecule is C#CC1C(C#C)N(C)S(=O)(=S)N1C. The fourth-order valence-electron chi connectivity index (χ4n) is 1.28. The summed E-state index contributed by atoms with van der Waals surface area (Å²) in [5, 5.41) is 0. The first kappa shape index (κ1) is 10.5. The molecule has 2 unspecified atom stereocenters. The Kier molecular flexibility index (Phi) is 2.65. The molecule has 0 aromatic heterocycles. The molecular weight excluding hydrogens is 204 g/mol. The summed E-state index contributed by atoms with van der Waals surface area (Å²) in [4.78, 5) is 0. The lowest BCUT2D eigenvalue weighted by Gasteiger charge is -2.14. The Balaban J connectivity index is 3.22. The van der Waals surface area contributed by atoms with Gasteiger partial charge in [-0.25, -0.2) is 4.21 Å². The van der Waals surface area contributed by atoms with Crippen LogP contribution in [0.3, 0.4) is 0 Å². The molecule has 1 aliphatic rings. The van der Waals surface area contributed by atoms with Crippen LogP contribution in [0.1, 0.15) is 0 Å². The van der Waals surface area contributed by atoms with Crippen LogP contribution in [0.4, 0.5) is 0 Å². The second-order valence-electron chi connectivity index (χ2n) is 2.76. The first-order valence-electron chi connectivity index (χ1n) is 3.60. The smallest absolute Gasteiger partial charge is 0.159 e. The molecule has 0 aromatic rings. The van der Waals surface area contributed by atoms with E-state index in [9.17, 15) is 4.21 Å². The van der Waals surface area contributed by atoms with Crippen LogP contribution < -0.4 is 0 Å². The van der Waals surface area contributed by atoms with Crippen LogP contribution in [0.25, 0.3) is 0 Å². The molecular formula is C8H10N2OS2. The number of hydrogen-bond donors (Lipinski definition) is 0. The summed E-state index contributed by atoms with van der Waals surface area (Å²) < 4.78 is 14.8. The van der Waals surface area contributed by atoms with Crippen molar-refractivity contribution in [2.75, 3.05) is 14.1 Å². The third-order valence-electron chi connectivity index (χ3n) is 2.15. The number of nitrogens with zero attached hydrogens (tertiary/aromatic N) is 2. The van der Waals surface area contributed by atoms with Crippen LogP contribution in [-0.2, 0) is 20.1 Å². The molecule has 5 heteroatoms. The molecule has 0 radical (unpaired) electrons. The van der Waals surface area contributed by atoms with Gasteiger partial charge in [-0.1, -0.05) is 11.8 Å². The Labute approximate surface area is 84.0 Å². The third kappa shape index (κ3) is 1.34. The summed E-state index contributed by atoms with van der Waals surface area (Å²) in [6.07, 6.45) is 10.6. The molecule has 13 heavy (non-hydrogen) atoms. The van der Waals surface area contributed by atoms with Crippen molar-refractivity contribution in [3.63, 3.8) is 0 Å². The number of rotatable bonds is 0. The molecule has 0 amide bonds. The maximum Gasteiger partial charge on any atom is 0.159 e. The minimum Gasteiger partial charge on any atom is -0.224 e. The first-order valence-corrected chi connectivity index (χ1v) is 5.99. The Morgan fingerprint density at radius 1 is 1.23 bits per heavy atom. The summed E-state index contributed by atoms with van der Waals surface area (Å²) in [6.45, 7) is 0. The topological polar surface area (TPSA) is 23.6 Å². The molecule has 0 spiro atoms. The van der Waals surface area contributed by atoms with Gasteiger partial charge >= 0.3 is 0 Å². The monoisotopic (exact) mass is 214 g/mol. The predicted molar refractivity (Wildman–Crippen MR) is 56.3 cm³/mol. The van der Waals surface area contributed by atoms with E-state index in [1.165, 1.54) is 8.61 Å². The highest BCUT2D eigenvalue weighted by molar-refractivity contribution is 8.30. The van der Waals surface area contributed by atoms with Crippen molar-refractivity contribution in [1.29, 1.82) is 0 Å². The van der Waals surface area contributed by atoms with Gasteiger partial charge in [-0.15, -0.1) is 12.8 Å². The number of hydrogen-bond acceptors (Lipinski definition) is 2. The summed E-state index contributed by atoms with van der Waals surface area (Å²) in [6, 6.07) is -0.722. The molecule has 70 valence electrons. The normalized spacial score (nSPS) is 41.2. The Morgan fingerprint density at radius 3 is 1.77 bits per heavy atom. The van der Waals surface area contributed by atoms with E-state index >= 15 is 0 Å². The average Bonchev–Trinajstić information content (AvgIpc) is 2.26. The number of likely N-dealkylation sites (N-methyl/N-ethyl adjacent to an activating group) is 2. The highest BCUT2D eigenvalue weighted by Crippen LogP contribution is 2.24. The lowest BCUT2D eigenvalue weighted by atomic mass is 10.1. The zero-order valence-electron chi connectivity index (χ0n) is 7.43. The average molecular weight is 214 g/mol.